The molecule has 0 bridgehead atoms. The maximum atomic E-state index is 5.23. The van der Waals surface area contributed by atoms with Crippen molar-refractivity contribution in [2.45, 2.75) is 13.5 Å². The number of methoxy groups -OCH3 is 1. The largest absolute Gasteiger partial charge is 0.497 e. The summed E-state index contributed by atoms with van der Waals surface area (Å²) >= 11 is 0. The second-order valence-corrected chi connectivity index (χ2v) is 6.95. The average Bonchev–Trinajstić information content (AvgIpc) is 2.79. The number of aromatic nitrogens is 2. The van der Waals surface area contributed by atoms with E-state index >= 15 is 0 Å². The highest BCUT2D eigenvalue weighted by Crippen LogP contribution is 2.28. The summed E-state index contributed by atoms with van der Waals surface area (Å²) in [6, 6.07) is 30.4. The van der Waals surface area contributed by atoms with Crippen LogP contribution in [0.4, 0.5) is 23.1 Å². The van der Waals surface area contributed by atoms with Gasteiger partial charge >= 0.3 is 0 Å². The first kappa shape index (κ1) is 19.5. The van der Waals surface area contributed by atoms with Crippen molar-refractivity contribution >= 4 is 23.1 Å². The van der Waals surface area contributed by atoms with E-state index in [9.17, 15) is 0 Å². The van der Waals surface area contributed by atoms with Crippen molar-refractivity contribution in [3.8, 4) is 5.75 Å². The Morgan fingerprint density at radius 3 is 2.17 bits per heavy atom. The Morgan fingerprint density at radius 2 is 1.50 bits per heavy atom. The summed E-state index contributed by atoms with van der Waals surface area (Å²) in [4.78, 5) is 11.6. The third-order valence-electron chi connectivity index (χ3n) is 4.71. The van der Waals surface area contributed by atoms with Gasteiger partial charge in [0.1, 0.15) is 11.6 Å². The van der Waals surface area contributed by atoms with Gasteiger partial charge in [0.25, 0.3) is 0 Å². The van der Waals surface area contributed by atoms with Crippen LogP contribution in [-0.2, 0) is 6.54 Å². The molecule has 0 aliphatic carbocycles. The lowest BCUT2D eigenvalue weighted by atomic mass is 10.2. The highest BCUT2D eigenvalue weighted by molar-refractivity contribution is 5.63. The van der Waals surface area contributed by atoms with E-state index in [1.807, 2.05) is 61.5 Å². The minimum atomic E-state index is 0.559. The molecule has 0 unspecified atom stereocenters. The van der Waals surface area contributed by atoms with Crippen LogP contribution in [0.3, 0.4) is 0 Å². The maximum absolute atomic E-state index is 5.23. The zero-order valence-corrected chi connectivity index (χ0v) is 17.1. The summed E-state index contributed by atoms with van der Waals surface area (Å²) < 4.78 is 5.23. The second-order valence-electron chi connectivity index (χ2n) is 6.95. The van der Waals surface area contributed by atoms with Crippen LogP contribution in [0, 0.1) is 6.92 Å². The van der Waals surface area contributed by atoms with Crippen molar-refractivity contribution in [2.24, 2.45) is 0 Å². The Kier molecular flexibility index (Phi) is 5.90. The van der Waals surface area contributed by atoms with Crippen molar-refractivity contribution in [3.63, 3.8) is 0 Å². The number of benzene rings is 3. The summed E-state index contributed by atoms with van der Waals surface area (Å²) in [5, 5.41) is 3.30. The van der Waals surface area contributed by atoms with Crippen LogP contribution in [0.1, 0.15) is 11.3 Å². The summed E-state index contributed by atoms with van der Waals surface area (Å²) in [5.41, 5.74) is 4.09. The SMILES string of the molecule is COc1ccc(Nc2nc(C)cc(N(Cc3ccccc3)c3ccccc3)n2)cc1. The Labute approximate surface area is 177 Å². The Balaban J connectivity index is 1.67. The number of ether oxygens (including phenoxy) is 1. The van der Waals surface area contributed by atoms with Crippen LogP contribution in [0.15, 0.2) is 91.0 Å². The first-order valence-electron chi connectivity index (χ1n) is 9.84. The number of para-hydroxylation sites is 1. The third kappa shape index (κ3) is 4.75. The molecule has 0 aliphatic rings. The number of nitrogens with one attached hydrogen (secondary N) is 1. The van der Waals surface area contributed by atoms with E-state index in [4.69, 9.17) is 9.72 Å². The summed E-state index contributed by atoms with van der Waals surface area (Å²) in [7, 11) is 1.66. The first-order chi connectivity index (χ1) is 14.7. The minimum Gasteiger partial charge on any atom is -0.497 e. The molecule has 4 rings (SSSR count). The van der Waals surface area contributed by atoms with Crippen molar-refractivity contribution in [1.29, 1.82) is 0 Å². The van der Waals surface area contributed by atoms with Gasteiger partial charge in [-0.25, -0.2) is 4.98 Å². The molecule has 0 saturated carbocycles. The zero-order valence-electron chi connectivity index (χ0n) is 17.1. The van der Waals surface area contributed by atoms with Crippen molar-refractivity contribution in [3.05, 3.63) is 102 Å². The molecule has 0 amide bonds. The van der Waals surface area contributed by atoms with Crippen LogP contribution in [0.5, 0.6) is 5.75 Å². The molecule has 0 atom stereocenters. The molecular formula is C25H24N4O. The van der Waals surface area contributed by atoms with Crippen LogP contribution >= 0.6 is 0 Å². The van der Waals surface area contributed by atoms with Gasteiger partial charge in [-0.05, 0) is 48.9 Å². The Morgan fingerprint density at radius 1 is 0.833 bits per heavy atom. The molecule has 1 N–H and O–H groups in total. The highest BCUT2D eigenvalue weighted by atomic mass is 16.5. The maximum Gasteiger partial charge on any atom is 0.229 e. The quantitative estimate of drug-likeness (QED) is 0.423. The van der Waals surface area contributed by atoms with E-state index in [1.54, 1.807) is 7.11 Å². The fraction of sp³-hybridized carbons (Fsp3) is 0.120. The summed E-state index contributed by atoms with van der Waals surface area (Å²) in [6.07, 6.45) is 0. The topological polar surface area (TPSA) is 50.3 Å². The lowest BCUT2D eigenvalue weighted by Gasteiger charge is -2.25. The standard InChI is InChI=1S/C25H24N4O/c1-19-17-24(28-25(26-19)27-21-13-15-23(30-2)16-14-21)29(22-11-7-4-8-12-22)18-20-9-5-3-6-10-20/h3-17H,18H2,1-2H3,(H,26,27,28). The van der Waals surface area contributed by atoms with Gasteiger partial charge in [-0.3, -0.25) is 0 Å². The molecule has 0 spiro atoms. The molecule has 5 heteroatoms. The van der Waals surface area contributed by atoms with E-state index in [1.165, 1.54) is 5.56 Å². The van der Waals surface area contributed by atoms with Gasteiger partial charge in [0.05, 0.1) is 7.11 Å². The van der Waals surface area contributed by atoms with Crippen molar-refractivity contribution < 1.29 is 4.74 Å². The number of aryl methyl sites for hydroxylation is 1. The minimum absolute atomic E-state index is 0.559. The van der Waals surface area contributed by atoms with Crippen molar-refractivity contribution in [1.82, 2.24) is 9.97 Å². The molecule has 0 radical (unpaired) electrons. The van der Waals surface area contributed by atoms with E-state index in [0.29, 0.717) is 12.5 Å². The third-order valence-corrected chi connectivity index (χ3v) is 4.71. The number of rotatable bonds is 7. The van der Waals surface area contributed by atoms with Crippen LogP contribution < -0.4 is 15.0 Å². The normalized spacial score (nSPS) is 10.5. The van der Waals surface area contributed by atoms with Gasteiger partial charge < -0.3 is 15.0 Å². The fourth-order valence-corrected chi connectivity index (χ4v) is 3.23. The summed E-state index contributed by atoms with van der Waals surface area (Å²) in [6.45, 7) is 2.69. The zero-order chi connectivity index (χ0) is 20.8. The molecule has 3 aromatic carbocycles. The Bertz CT molecular complexity index is 1080. The predicted molar refractivity (Wildman–Crippen MR) is 122 cm³/mol. The molecule has 0 aliphatic heterocycles. The van der Waals surface area contributed by atoms with Crippen LogP contribution in [-0.4, -0.2) is 17.1 Å². The monoisotopic (exact) mass is 396 g/mol. The summed E-state index contributed by atoms with van der Waals surface area (Å²) in [5.74, 6) is 2.21. The van der Waals surface area contributed by atoms with Gasteiger partial charge in [0, 0.05) is 29.7 Å². The molecule has 1 heterocycles. The van der Waals surface area contributed by atoms with Gasteiger partial charge in [-0.15, -0.1) is 0 Å². The molecule has 5 nitrogen and oxygen atoms in total. The molecule has 4 aromatic rings. The number of hydrogen-bond donors (Lipinski definition) is 1. The molecule has 0 saturated heterocycles. The van der Waals surface area contributed by atoms with E-state index in [2.05, 4.69) is 51.6 Å². The predicted octanol–water partition coefficient (Wildman–Crippen LogP) is 5.88. The molecule has 0 fully saturated rings. The van der Waals surface area contributed by atoms with E-state index < -0.39 is 0 Å². The number of anilines is 4. The van der Waals surface area contributed by atoms with E-state index in [0.717, 1.165) is 28.6 Å². The smallest absolute Gasteiger partial charge is 0.229 e. The molecular weight excluding hydrogens is 372 g/mol. The van der Waals surface area contributed by atoms with Crippen LogP contribution in [0.2, 0.25) is 0 Å². The fourth-order valence-electron chi connectivity index (χ4n) is 3.23. The highest BCUT2D eigenvalue weighted by Gasteiger charge is 2.14. The Hall–Kier alpha value is -3.86. The lowest BCUT2D eigenvalue weighted by Crippen LogP contribution is -2.18. The molecule has 30 heavy (non-hydrogen) atoms. The molecule has 150 valence electrons. The van der Waals surface area contributed by atoms with Gasteiger partial charge in [-0.1, -0.05) is 48.5 Å². The average molecular weight is 396 g/mol. The van der Waals surface area contributed by atoms with Gasteiger partial charge in [0.2, 0.25) is 5.95 Å². The molecule has 1 aromatic heterocycles. The van der Waals surface area contributed by atoms with Crippen molar-refractivity contribution in [2.75, 3.05) is 17.3 Å². The first-order valence-corrected chi connectivity index (χ1v) is 9.84. The van der Waals surface area contributed by atoms with Gasteiger partial charge in [-0.2, -0.15) is 4.98 Å². The number of hydrogen-bond acceptors (Lipinski definition) is 5. The van der Waals surface area contributed by atoms with Crippen LogP contribution in [0.25, 0.3) is 0 Å². The number of nitrogens with zero attached hydrogens (tertiary/aromatic N) is 3. The van der Waals surface area contributed by atoms with Gasteiger partial charge in [0.15, 0.2) is 0 Å². The van der Waals surface area contributed by atoms with E-state index in [-0.39, 0.29) is 0 Å². The second kappa shape index (κ2) is 9.09. The lowest BCUT2D eigenvalue weighted by molar-refractivity contribution is 0.415.